The first kappa shape index (κ1) is 12.2. The molecular weight excluding hydrogens is 233 g/mol. The van der Waals surface area contributed by atoms with E-state index < -0.39 is 17.5 Å². The number of rotatable bonds is 2. The van der Waals surface area contributed by atoms with E-state index in [4.69, 9.17) is 4.74 Å². The molecule has 0 spiro atoms. The SMILES string of the molecule is OC1(Oc2ccccc2C(F)(F)F)CCCC1. The number of hydrogen-bond donors (Lipinski definition) is 1. The zero-order valence-corrected chi connectivity index (χ0v) is 9.13. The minimum atomic E-state index is -4.47. The molecule has 0 radical (unpaired) electrons. The van der Waals surface area contributed by atoms with Crippen molar-refractivity contribution >= 4 is 0 Å². The van der Waals surface area contributed by atoms with Crippen LogP contribution in [-0.4, -0.2) is 10.9 Å². The molecule has 5 heteroatoms. The van der Waals surface area contributed by atoms with Crippen molar-refractivity contribution in [1.82, 2.24) is 0 Å². The van der Waals surface area contributed by atoms with Crippen molar-refractivity contribution in [3.8, 4) is 5.75 Å². The van der Waals surface area contributed by atoms with Crippen molar-refractivity contribution in [2.75, 3.05) is 0 Å². The van der Waals surface area contributed by atoms with E-state index in [0.29, 0.717) is 12.8 Å². The van der Waals surface area contributed by atoms with Crippen LogP contribution in [0, 0.1) is 0 Å². The molecule has 0 amide bonds. The van der Waals surface area contributed by atoms with Crippen molar-refractivity contribution < 1.29 is 23.0 Å². The van der Waals surface area contributed by atoms with Gasteiger partial charge in [-0.25, -0.2) is 0 Å². The normalized spacial score (nSPS) is 19.3. The van der Waals surface area contributed by atoms with Crippen LogP contribution in [0.3, 0.4) is 0 Å². The van der Waals surface area contributed by atoms with Gasteiger partial charge >= 0.3 is 6.18 Å². The summed E-state index contributed by atoms with van der Waals surface area (Å²) in [6.07, 6.45) is -2.18. The molecule has 0 unspecified atom stereocenters. The molecule has 0 heterocycles. The highest BCUT2D eigenvalue weighted by Gasteiger charge is 2.38. The van der Waals surface area contributed by atoms with Gasteiger partial charge < -0.3 is 9.84 Å². The van der Waals surface area contributed by atoms with E-state index in [1.807, 2.05) is 0 Å². The summed E-state index contributed by atoms with van der Waals surface area (Å²) in [6.45, 7) is 0. The lowest BCUT2D eigenvalue weighted by molar-refractivity contribution is -0.153. The highest BCUT2D eigenvalue weighted by molar-refractivity contribution is 5.36. The van der Waals surface area contributed by atoms with Gasteiger partial charge in [-0.15, -0.1) is 0 Å². The highest BCUT2D eigenvalue weighted by atomic mass is 19.4. The Morgan fingerprint density at radius 1 is 1.12 bits per heavy atom. The second-order valence-corrected chi connectivity index (χ2v) is 4.25. The molecule has 0 atom stereocenters. The van der Waals surface area contributed by atoms with Gasteiger partial charge in [0.05, 0.1) is 5.56 Å². The Morgan fingerprint density at radius 2 is 1.71 bits per heavy atom. The molecule has 1 fully saturated rings. The third-order valence-electron chi connectivity index (χ3n) is 2.88. The molecule has 0 aromatic heterocycles. The largest absolute Gasteiger partial charge is 0.462 e. The quantitative estimate of drug-likeness (QED) is 0.811. The van der Waals surface area contributed by atoms with E-state index in [9.17, 15) is 18.3 Å². The van der Waals surface area contributed by atoms with E-state index in [1.165, 1.54) is 18.2 Å². The van der Waals surface area contributed by atoms with Gasteiger partial charge in [0.25, 0.3) is 0 Å². The van der Waals surface area contributed by atoms with Gasteiger partial charge in [0.1, 0.15) is 5.75 Å². The summed E-state index contributed by atoms with van der Waals surface area (Å²) in [7, 11) is 0. The van der Waals surface area contributed by atoms with Gasteiger partial charge in [-0.2, -0.15) is 13.2 Å². The third kappa shape index (κ3) is 2.72. The lowest BCUT2D eigenvalue weighted by Gasteiger charge is -2.25. The number of hydrogen-bond acceptors (Lipinski definition) is 2. The van der Waals surface area contributed by atoms with Gasteiger partial charge in [0, 0.05) is 12.8 Å². The van der Waals surface area contributed by atoms with E-state index >= 15 is 0 Å². The number of ether oxygens (including phenoxy) is 1. The molecule has 1 aromatic carbocycles. The fourth-order valence-electron chi connectivity index (χ4n) is 2.02. The summed E-state index contributed by atoms with van der Waals surface area (Å²) in [4.78, 5) is 0. The Kier molecular flexibility index (Phi) is 3.03. The van der Waals surface area contributed by atoms with Gasteiger partial charge in [-0.3, -0.25) is 0 Å². The minimum Gasteiger partial charge on any atom is -0.462 e. The summed E-state index contributed by atoms with van der Waals surface area (Å²) < 4.78 is 43.2. The molecule has 2 nitrogen and oxygen atoms in total. The zero-order valence-electron chi connectivity index (χ0n) is 9.13. The van der Waals surface area contributed by atoms with Gasteiger partial charge in [0.15, 0.2) is 0 Å². The average Bonchev–Trinajstić information content (AvgIpc) is 2.64. The predicted molar refractivity (Wildman–Crippen MR) is 55.5 cm³/mol. The molecule has 94 valence electrons. The van der Waals surface area contributed by atoms with Crippen molar-refractivity contribution in [3.63, 3.8) is 0 Å². The van der Waals surface area contributed by atoms with Crippen LogP contribution in [0.2, 0.25) is 0 Å². The standard InChI is InChI=1S/C12H13F3O2/c13-12(14,15)9-5-1-2-6-10(9)17-11(16)7-3-4-8-11/h1-2,5-6,16H,3-4,7-8H2. The molecule has 0 aliphatic heterocycles. The van der Waals surface area contributed by atoms with Crippen LogP contribution >= 0.6 is 0 Å². The lowest BCUT2D eigenvalue weighted by Crippen LogP contribution is -2.32. The van der Waals surface area contributed by atoms with Crippen LogP contribution in [0.5, 0.6) is 5.75 Å². The molecular formula is C12H13F3O2. The highest BCUT2D eigenvalue weighted by Crippen LogP contribution is 2.39. The Morgan fingerprint density at radius 3 is 2.29 bits per heavy atom. The molecule has 1 aliphatic rings. The summed E-state index contributed by atoms with van der Waals surface area (Å²) in [5.74, 6) is -1.74. The maximum Gasteiger partial charge on any atom is 0.419 e. The molecule has 1 aliphatic carbocycles. The van der Waals surface area contributed by atoms with E-state index in [1.54, 1.807) is 0 Å². The summed E-state index contributed by atoms with van der Waals surface area (Å²) in [6, 6.07) is 4.95. The van der Waals surface area contributed by atoms with Gasteiger partial charge in [-0.1, -0.05) is 12.1 Å². The first-order valence-electron chi connectivity index (χ1n) is 5.48. The van der Waals surface area contributed by atoms with Crippen LogP contribution in [-0.2, 0) is 6.18 Å². The maximum atomic E-state index is 12.7. The fourth-order valence-corrected chi connectivity index (χ4v) is 2.02. The fraction of sp³-hybridized carbons (Fsp3) is 0.500. The van der Waals surface area contributed by atoms with Gasteiger partial charge in [0.2, 0.25) is 5.79 Å². The van der Waals surface area contributed by atoms with E-state index in [-0.39, 0.29) is 5.75 Å². The average molecular weight is 246 g/mol. The van der Waals surface area contributed by atoms with Crippen LogP contribution < -0.4 is 4.74 Å². The molecule has 0 bridgehead atoms. The topological polar surface area (TPSA) is 29.5 Å². The third-order valence-corrected chi connectivity index (χ3v) is 2.88. The number of halogens is 3. The van der Waals surface area contributed by atoms with Crippen molar-refractivity contribution in [1.29, 1.82) is 0 Å². The smallest absolute Gasteiger partial charge is 0.419 e. The number of para-hydroxylation sites is 1. The second-order valence-electron chi connectivity index (χ2n) is 4.25. The Bertz CT molecular complexity index is 395. The summed E-state index contributed by atoms with van der Waals surface area (Å²) in [5.41, 5.74) is -0.847. The Hall–Kier alpha value is -1.23. The summed E-state index contributed by atoms with van der Waals surface area (Å²) in [5, 5.41) is 9.95. The molecule has 1 N–H and O–H groups in total. The minimum absolute atomic E-state index is 0.301. The lowest BCUT2D eigenvalue weighted by atomic mass is 10.1. The molecule has 17 heavy (non-hydrogen) atoms. The van der Waals surface area contributed by atoms with E-state index in [0.717, 1.165) is 18.9 Å². The van der Waals surface area contributed by atoms with Crippen molar-refractivity contribution in [2.45, 2.75) is 37.6 Å². The van der Waals surface area contributed by atoms with Crippen LogP contribution in [0.15, 0.2) is 24.3 Å². The Labute approximate surface area is 97.0 Å². The van der Waals surface area contributed by atoms with Crippen molar-refractivity contribution in [2.24, 2.45) is 0 Å². The molecule has 1 aromatic rings. The van der Waals surface area contributed by atoms with Crippen LogP contribution in [0.4, 0.5) is 13.2 Å². The Balaban J connectivity index is 2.26. The van der Waals surface area contributed by atoms with Gasteiger partial charge in [-0.05, 0) is 25.0 Å². The van der Waals surface area contributed by atoms with Crippen LogP contribution in [0.25, 0.3) is 0 Å². The first-order valence-corrected chi connectivity index (χ1v) is 5.48. The van der Waals surface area contributed by atoms with E-state index in [2.05, 4.69) is 0 Å². The number of alkyl halides is 3. The summed E-state index contributed by atoms with van der Waals surface area (Å²) >= 11 is 0. The maximum absolute atomic E-state index is 12.7. The number of benzene rings is 1. The molecule has 2 rings (SSSR count). The monoisotopic (exact) mass is 246 g/mol. The molecule has 1 saturated carbocycles. The zero-order chi connectivity index (χ0) is 12.5. The first-order chi connectivity index (χ1) is 7.91. The molecule has 0 saturated heterocycles. The second kappa shape index (κ2) is 4.22. The van der Waals surface area contributed by atoms with Crippen LogP contribution in [0.1, 0.15) is 31.2 Å². The predicted octanol–water partition coefficient (Wildman–Crippen LogP) is 3.35. The number of aliphatic hydroxyl groups is 1. The van der Waals surface area contributed by atoms with Crippen molar-refractivity contribution in [3.05, 3.63) is 29.8 Å².